The SMILES string of the molecule is CC(C)(C)OCc1cccc(CNC2=NCCCN2)c1. The van der Waals surface area contributed by atoms with Crippen LogP contribution < -0.4 is 10.6 Å². The van der Waals surface area contributed by atoms with Gasteiger partial charge in [0, 0.05) is 19.6 Å². The summed E-state index contributed by atoms with van der Waals surface area (Å²) in [6, 6.07) is 8.49. The first kappa shape index (κ1) is 14.9. The van der Waals surface area contributed by atoms with Gasteiger partial charge in [0.05, 0.1) is 12.2 Å². The summed E-state index contributed by atoms with van der Waals surface area (Å²) < 4.78 is 5.81. The monoisotopic (exact) mass is 275 g/mol. The van der Waals surface area contributed by atoms with Crippen molar-refractivity contribution in [2.75, 3.05) is 13.1 Å². The molecule has 0 bridgehead atoms. The minimum atomic E-state index is -0.102. The highest BCUT2D eigenvalue weighted by molar-refractivity contribution is 5.80. The highest BCUT2D eigenvalue weighted by Crippen LogP contribution is 2.13. The van der Waals surface area contributed by atoms with E-state index < -0.39 is 0 Å². The van der Waals surface area contributed by atoms with Crippen molar-refractivity contribution < 1.29 is 4.74 Å². The Morgan fingerprint density at radius 2 is 2.10 bits per heavy atom. The Kier molecular flexibility index (Phi) is 5.01. The van der Waals surface area contributed by atoms with E-state index >= 15 is 0 Å². The maximum atomic E-state index is 5.81. The second kappa shape index (κ2) is 6.75. The lowest BCUT2D eigenvalue weighted by Gasteiger charge is -2.20. The van der Waals surface area contributed by atoms with E-state index in [0.717, 1.165) is 32.0 Å². The maximum absolute atomic E-state index is 5.81. The van der Waals surface area contributed by atoms with Gasteiger partial charge in [-0.1, -0.05) is 24.3 Å². The van der Waals surface area contributed by atoms with Crippen molar-refractivity contribution in [1.82, 2.24) is 10.6 Å². The lowest BCUT2D eigenvalue weighted by Crippen LogP contribution is -2.40. The van der Waals surface area contributed by atoms with Gasteiger partial charge in [0.15, 0.2) is 5.96 Å². The fourth-order valence-electron chi connectivity index (χ4n) is 1.97. The molecular weight excluding hydrogens is 250 g/mol. The third-order valence-corrected chi connectivity index (χ3v) is 3.02. The molecule has 20 heavy (non-hydrogen) atoms. The van der Waals surface area contributed by atoms with Gasteiger partial charge >= 0.3 is 0 Å². The van der Waals surface area contributed by atoms with E-state index in [1.807, 2.05) is 0 Å². The molecule has 1 aliphatic rings. The van der Waals surface area contributed by atoms with Crippen molar-refractivity contribution in [1.29, 1.82) is 0 Å². The quantitative estimate of drug-likeness (QED) is 0.887. The van der Waals surface area contributed by atoms with Crippen LogP contribution in [0.15, 0.2) is 29.3 Å². The molecule has 1 heterocycles. The summed E-state index contributed by atoms with van der Waals surface area (Å²) in [4.78, 5) is 4.41. The van der Waals surface area contributed by atoms with Crippen LogP contribution >= 0.6 is 0 Å². The largest absolute Gasteiger partial charge is 0.371 e. The van der Waals surface area contributed by atoms with Gasteiger partial charge in [-0.05, 0) is 38.3 Å². The highest BCUT2D eigenvalue weighted by Gasteiger charge is 2.10. The fourth-order valence-corrected chi connectivity index (χ4v) is 1.97. The first-order valence-electron chi connectivity index (χ1n) is 7.27. The molecule has 0 saturated heterocycles. The summed E-state index contributed by atoms with van der Waals surface area (Å²) in [7, 11) is 0. The molecule has 0 saturated carbocycles. The minimum Gasteiger partial charge on any atom is -0.371 e. The molecule has 0 radical (unpaired) electrons. The number of hydrogen-bond acceptors (Lipinski definition) is 4. The second-order valence-corrected chi connectivity index (χ2v) is 6.09. The number of ether oxygens (including phenoxy) is 1. The summed E-state index contributed by atoms with van der Waals surface area (Å²) in [6.45, 7) is 9.58. The molecule has 2 N–H and O–H groups in total. The number of nitrogens with zero attached hydrogens (tertiary/aromatic N) is 1. The van der Waals surface area contributed by atoms with Gasteiger partial charge in [-0.15, -0.1) is 0 Å². The molecule has 4 nitrogen and oxygen atoms in total. The van der Waals surface area contributed by atoms with Crippen molar-refractivity contribution in [3.63, 3.8) is 0 Å². The normalized spacial score (nSPS) is 15.4. The highest BCUT2D eigenvalue weighted by atomic mass is 16.5. The number of benzene rings is 1. The summed E-state index contributed by atoms with van der Waals surface area (Å²) in [5, 5.41) is 6.60. The lowest BCUT2D eigenvalue weighted by molar-refractivity contribution is -0.0149. The van der Waals surface area contributed by atoms with Crippen molar-refractivity contribution in [2.24, 2.45) is 4.99 Å². The Morgan fingerprint density at radius 1 is 1.30 bits per heavy atom. The first-order chi connectivity index (χ1) is 9.53. The molecular formula is C16H25N3O. The zero-order valence-electron chi connectivity index (χ0n) is 12.7. The van der Waals surface area contributed by atoms with Crippen LogP contribution in [0.4, 0.5) is 0 Å². The number of rotatable bonds is 4. The van der Waals surface area contributed by atoms with Crippen molar-refractivity contribution in [3.8, 4) is 0 Å². The summed E-state index contributed by atoms with van der Waals surface area (Å²) in [6.07, 6.45) is 1.12. The number of guanidine groups is 1. The van der Waals surface area contributed by atoms with Crippen LogP contribution in [0.2, 0.25) is 0 Å². The molecule has 1 aromatic rings. The molecule has 2 rings (SSSR count). The standard InChI is InChI=1S/C16H25N3O/c1-16(2,3)20-12-14-7-4-6-13(10-14)11-19-15-17-8-5-9-18-15/h4,6-7,10H,5,8-9,11-12H2,1-3H3,(H2,17,18,19). The van der Waals surface area contributed by atoms with E-state index in [2.05, 4.69) is 60.7 Å². The van der Waals surface area contributed by atoms with Gasteiger partial charge < -0.3 is 15.4 Å². The molecule has 0 atom stereocenters. The van der Waals surface area contributed by atoms with Crippen LogP contribution in [-0.4, -0.2) is 24.7 Å². The van der Waals surface area contributed by atoms with Gasteiger partial charge in [-0.3, -0.25) is 4.99 Å². The van der Waals surface area contributed by atoms with E-state index in [1.54, 1.807) is 0 Å². The van der Waals surface area contributed by atoms with Crippen molar-refractivity contribution >= 4 is 5.96 Å². The Labute approximate surface area is 121 Å². The van der Waals surface area contributed by atoms with Gasteiger partial charge in [0.1, 0.15) is 0 Å². The third kappa shape index (κ3) is 5.21. The molecule has 0 aromatic heterocycles. The summed E-state index contributed by atoms with van der Waals surface area (Å²) in [5.74, 6) is 0.910. The van der Waals surface area contributed by atoms with Gasteiger partial charge in [0.2, 0.25) is 0 Å². The van der Waals surface area contributed by atoms with Crippen LogP contribution in [0.3, 0.4) is 0 Å². The molecule has 0 spiro atoms. The van der Waals surface area contributed by atoms with Crippen LogP contribution in [0, 0.1) is 0 Å². The Balaban J connectivity index is 1.87. The van der Waals surface area contributed by atoms with E-state index in [9.17, 15) is 0 Å². The van der Waals surface area contributed by atoms with E-state index in [4.69, 9.17) is 4.74 Å². The van der Waals surface area contributed by atoms with Crippen LogP contribution in [0.25, 0.3) is 0 Å². The molecule has 0 amide bonds. The maximum Gasteiger partial charge on any atom is 0.191 e. The topological polar surface area (TPSA) is 45.6 Å². The Hall–Kier alpha value is -1.55. The first-order valence-corrected chi connectivity index (χ1v) is 7.27. The van der Waals surface area contributed by atoms with Gasteiger partial charge in [-0.2, -0.15) is 0 Å². The van der Waals surface area contributed by atoms with Crippen LogP contribution in [0.1, 0.15) is 38.3 Å². The molecule has 110 valence electrons. The van der Waals surface area contributed by atoms with Gasteiger partial charge in [-0.25, -0.2) is 0 Å². The Morgan fingerprint density at radius 3 is 2.80 bits per heavy atom. The summed E-state index contributed by atoms with van der Waals surface area (Å²) >= 11 is 0. The predicted molar refractivity (Wildman–Crippen MR) is 82.7 cm³/mol. The third-order valence-electron chi connectivity index (χ3n) is 3.02. The fraction of sp³-hybridized carbons (Fsp3) is 0.562. The van der Waals surface area contributed by atoms with E-state index in [0.29, 0.717) is 6.61 Å². The molecule has 0 fully saturated rings. The van der Waals surface area contributed by atoms with Crippen LogP contribution in [-0.2, 0) is 17.9 Å². The average Bonchev–Trinajstić information content (AvgIpc) is 2.44. The van der Waals surface area contributed by atoms with Gasteiger partial charge in [0.25, 0.3) is 0 Å². The number of nitrogens with one attached hydrogen (secondary N) is 2. The molecule has 0 aliphatic carbocycles. The Bertz CT molecular complexity index is 463. The zero-order chi connectivity index (χ0) is 14.4. The number of hydrogen-bond donors (Lipinski definition) is 2. The minimum absolute atomic E-state index is 0.102. The molecule has 1 aromatic carbocycles. The van der Waals surface area contributed by atoms with Crippen molar-refractivity contribution in [3.05, 3.63) is 35.4 Å². The predicted octanol–water partition coefficient (Wildman–Crippen LogP) is 2.44. The second-order valence-electron chi connectivity index (χ2n) is 6.09. The molecule has 4 heteroatoms. The van der Waals surface area contributed by atoms with Crippen molar-refractivity contribution in [2.45, 2.75) is 45.9 Å². The molecule has 0 unspecified atom stereocenters. The zero-order valence-corrected chi connectivity index (χ0v) is 12.7. The number of aliphatic imine (C=N–C) groups is 1. The van der Waals surface area contributed by atoms with Crippen LogP contribution in [0.5, 0.6) is 0 Å². The summed E-state index contributed by atoms with van der Waals surface area (Å²) in [5.41, 5.74) is 2.35. The lowest BCUT2D eigenvalue weighted by atomic mass is 10.1. The van der Waals surface area contributed by atoms with E-state index in [-0.39, 0.29) is 5.60 Å². The van der Waals surface area contributed by atoms with E-state index in [1.165, 1.54) is 11.1 Å². The molecule has 1 aliphatic heterocycles. The smallest absolute Gasteiger partial charge is 0.191 e. The average molecular weight is 275 g/mol.